The third-order valence-corrected chi connectivity index (χ3v) is 8.28. The average molecular weight is 545 g/mol. The quantitative estimate of drug-likeness (QED) is 0.288. The van der Waals surface area contributed by atoms with Gasteiger partial charge in [-0.15, -0.1) is 0 Å². The van der Waals surface area contributed by atoms with Crippen molar-refractivity contribution in [3.05, 3.63) is 119 Å². The molecule has 4 aromatic carbocycles. The molecule has 0 bridgehead atoms. The molecule has 0 saturated carbocycles. The maximum absolute atomic E-state index is 13.9. The number of nitrogens with one attached hydrogen (secondary N) is 1. The first kappa shape index (κ1) is 27.7. The number of benzene rings is 4. The van der Waals surface area contributed by atoms with E-state index in [1.807, 2.05) is 68.4 Å². The van der Waals surface area contributed by atoms with Gasteiger partial charge >= 0.3 is 0 Å². The fourth-order valence-corrected chi connectivity index (χ4v) is 5.78. The van der Waals surface area contributed by atoms with E-state index in [9.17, 15) is 13.2 Å². The molecule has 1 atom stereocenters. The SMILES string of the molecule is COc1ccc(N(CC(=O)N[C@@H](c2ccccc2)c2ccccc2C)S(=O)(=O)c2ccc(C)cc2)cc1OC. The summed E-state index contributed by atoms with van der Waals surface area (Å²) in [5, 5.41) is 3.07. The van der Waals surface area contributed by atoms with Crippen molar-refractivity contribution in [1.29, 1.82) is 0 Å². The lowest BCUT2D eigenvalue weighted by atomic mass is 9.95. The molecule has 4 rings (SSSR count). The van der Waals surface area contributed by atoms with Crippen molar-refractivity contribution in [2.45, 2.75) is 24.8 Å². The van der Waals surface area contributed by atoms with Crippen molar-refractivity contribution in [3.63, 3.8) is 0 Å². The Morgan fingerprint density at radius 3 is 2.10 bits per heavy atom. The highest BCUT2D eigenvalue weighted by molar-refractivity contribution is 7.92. The van der Waals surface area contributed by atoms with Crippen LogP contribution in [-0.2, 0) is 14.8 Å². The van der Waals surface area contributed by atoms with Crippen molar-refractivity contribution in [2.75, 3.05) is 25.1 Å². The fourth-order valence-electron chi connectivity index (χ4n) is 4.37. The summed E-state index contributed by atoms with van der Waals surface area (Å²) in [6.45, 7) is 3.42. The number of hydrogen-bond acceptors (Lipinski definition) is 5. The molecule has 1 amide bonds. The molecule has 0 aromatic heterocycles. The Labute approximate surface area is 230 Å². The zero-order valence-electron chi connectivity index (χ0n) is 22.4. The molecule has 8 heteroatoms. The third kappa shape index (κ3) is 6.23. The predicted molar refractivity (Wildman–Crippen MR) is 153 cm³/mol. The first-order chi connectivity index (χ1) is 18.7. The van der Waals surface area contributed by atoms with Crippen molar-refractivity contribution >= 4 is 21.6 Å². The van der Waals surface area contributed by atoms with Gasteiger partial charge < -0.3 is 14.8 Å². The monoisotopic (exact) mass is 544 g/mol. The molecule has 7 nitrogen and oxygen atoms in total. The Hall–Kier alpha value is -4.30. The van der Waals surface area contributed by atoms with Crippen molar-refractivity contribution < 1.29 is 22.7 Å². The molecular formula is C31H32N2O5S. The second kappa shape index (κ2) is 12.0. The molecule has 0 saturated heterocycles. The second-order valence-electron chi connectivity index (χ2n) is 9.13. The molecule has 0 radical (unpaired) electrons. The number of carbonyl (C=O) groups excluding carboxylic acids is 1. The highest BCUT2D eigenvalue weighted by Gasteiger charge is 2.29. The summed E-state index contributed by atoms with van der Waals surface area (Å²) >= 11 is 0. The second-order valence-corrected chi connectivity index (χ2v) is 11.0. The van der Waals surface area contributed by atoms with E-state index in [-0.39, 0.29) is 10.6 Å². The first-order valence-corrected chi connectivity index (χ1v) is 13.9. The van der Waals surface area contributed by atoms with Crippen molar-refractivity contribution in [1.82, 2.24) is 5.32 Å². The number of ether oxygens (including phenoxy) is 2. The van der Waals surface area contributed by atoms with Crippen LogP contribution in [0.1, 0.15) is 28.3 Å². The maximum Gasteiger partial charge on any atom is 0.264 e. The maximum atomic E-state index is 13.9. The Bertz CT molecular complexity index is 1540. The van der Waals surface area contributed by atoms with E-state index < -0.39 is 28.5 Å². The lowest BCUT2D eigenvalue weighted by Crippen LogP contribution is -2.42. The van der Waals surface area contributed by atoms with Gasteiger partial charge in [-0.1, -0.05) is 72.3 Å². The lowest BCUT2D eigenvalue weighted by molar-refractivity contribution is -0.120. The van der Waals surface area contributed by atoms with E-state index in [0.717, 1.165) is 26.6 Å². The standard InChI is InChI=1S/C31H32N2O5S/c1-22-14-17-26(18-15-22)39(35,36)33(25-16-19-28(37-3)29(20-25)38-4)21-30(34)32-31(24-11-6-5-7-12-24)27-13-9-8-10-23(27)2/h5-20,31H,21H2,1-4H3,(H,32,34)/t31-/m0/s1. The smallest absolute Gasteiger partial charge is 0.264 e. The van der Waals surface area contributed by atoms with Gasteiger partial charge in [-0.2, -0.15) is 0 Å². The molecule has 39 heavy (non-hydrogen) atoms. The molecule has 0 fully saturated rings. The van der Waals surface area contributed by atoms with Gasteiger partial charge in [0.25, 0.3) is 10.0 Å². The van der Waals surface area contributed by atoms with Crippen LogP contribution in [0.25, 0.3) is 0 Å². The van der Waals surface area contributed by atoms with Crippen LogP contribution in [-0.4, -0.2) is 35.1 Å². The molecular weight excluding hydrogens is 512 g/mol. The van der Waals surface area contributed by atoms with E-state index in [4.69, 9.17) is 9.47 Å². The summed E-state index contributed by atoms with van der Waals surface area (Å²) in [6, 6.07) is 28.2. The molecule has 0 aliphatic heterocycles. The molecule has 4 aromatic rings. The lowest BCUT2D eigenvalue weighted by Gasteiger charge is -2.27. The summed E-state index contributed by atoms with van der Waals surface area (Å²) in [5.74, 6) is 0.334. The topological polar surface area (TPSA) is 84.9 Å². The molecule has 0 unspecified atom stereocenters. The summed E-state index contributed by atoms with van der Waals surface area (Å²) < 4.78 is 39.6. The van der Waals surface area contributed by atoms with Crippen LogP contribution in [0.3, 0.4) is 0 Å². The number of amides is 1. The van der Waals surface area contributed by atoms with E-state index in [1.165, 1.54) is 26.4 Å². The Morgan fingerprint density at radius 1 is 0.821 bits per heavy atom. The minimum Gasteiger partial charge on any atom is -0.493 e. The number of rotatable bonds is 10. The van der Waals surface area contributed by atoms with E-state index in [0.29, 0.717) is 11.5 Å². The van der Waals surface area contributed by atoms with Gasteiger partial charge in [-0.05, 0) is 54.8 Å². The number of nitrogens with zero attached hydrogens (tertiary/aromatic N) is 1. The number of methoxy groups -OCH3 is 2. The molecule has 0 aliphatic carbocycles. The minimum atomic E-state index is -4.11. The van der Waals surface area contributed by atoms with Gasteiger partial charge in [-0.3, -0.25) is 9.10 Å². The average Bonchev–Trinajstić information content (AvgIpc) is 2.95. The van der Waals surface area contributed by atoms with Crippen LogP contribution < -0.4 is 19.1 Å². The van der Waals surface area contributed by atoms with Gasteiger partial charge in [0, 0.05) is 6.07 Å². The summed E-state index contributed by atoms with van der Waals surface area (Å²) in [4.78, 5) is 13.7. The zero-order valence-corrected chi connectivity index (χ0v) is 23.2. The highest BCUT2D eigenvalue weighted by Crippen LogP contribution is 2.34. The highest BCUT2D eigenvalue weighted by atomic mass is 32.2. The van der Waals surface area contributed by atoms with Gasteiger partial charge in [0.1, 0.15) is 6.54 Å². The summed E-state index contributed by atoms with van der Waals surface area (Å²) in [7, 11) is -1.13. The number of anilines is 1. The first-order valence-electron chi connectivity index (χ1n) is 12.5. The minimum absolute atomic E-state index is 0.0780. The number of sulfonamides is 1. The zero-order chi connectivity index (χ0) is 28.0. The summed E-state index contributed by atoms with van der Waals surface area (Å²) in [5.41, 5.74) is 4.02. The van der Waals surface area contributed by atoms with Crippen LogP contribution in [0.2, 0.25) is 0 Å². The number of carbonyl (C=O) groups is 1. The van der Waals surface area contributed by atoms with Crippen LogP contribution in [0.5, 0.6) is 11.5 Å². The summed E-state index contributed by atoms with van der Waals surface area (Å²) in [6.07, 6.45) is 0. The van der Waals surface area contributed by atoms with E-state index >= 15 is 0 Å². The van der Waals surface area contributed by atoms with Crippen LogP contribution in [0.15, 0.2) is 102 Å². The molecule has 0 aliphatic rings. The Morgan fingerprint density at radius 2 is 1.46 bits per heavy atom. The van der Waals surface area contributed by atoms with Gasteiger partial charge in [0.2, 0.25) is 5.91 Å². The molecule has 0 heterocycles. The van der Waals surface area contributed by atoms with E-state index in [2.05, 4.69) is 5.32 Å². The molecule has 1 N–H and O–H groups in total. The third-order valence-electron chi connectivity index (χ3n) is 6.49. The van der Waals surface area contributed by atoms with Gasteiger partial charge in [0.15, 0.2) is 11.5 Å². The predicted octanol–water partition coefficient (Wildman–Crippen LogP) is 5.42. The van der Waals surface area contributed by atoms with E-state index in [1.54, 1.807) is 30.3 Å². The van der Waals surface area contributed by atoms with Crippen LogP contribution in [0.4, 0.5) is 5.69 Å². The van der Waals surface area contributed by atoms with Gasteiger partial charge in [-0.25, -0.2) is 8.42 Å². The molecule has 202 valence electrons. The Balaban J connectivity index is 1.74. The number of hydrogen-bond donors (Lipinski definition) is 1. The Kier molecular flexibility index (Phi) is 8.56. The fraction of sp³-hybridized carbons (Fsp3) is 0.194. The normalized spacial score (nSPS) is 11.9. The van der Waals surface area contributed by atoms with Crippen LogP contribution in [0, 0.1) is 13.8 Å². The van der Waals surface area contributed by atoms with Crippen molar-refractivity contribution in [3.8, 4) is 11.5 Å². The number of aryl methyl sites for hydroxylation is 2. The molecule has 0 spiro atoms. The van der Waals surface area contributed by atoms with Gasteiger partial charge in [0.05, 0.1) is 30.8 Å². The largest absolute Gasteiger partial charge is 0.493 e. The van der Waals surface area contributed by atoms with Crippen LogP contribution >= 0.6 is 0 Å². The van der Waals surface area contributed by atoms with Crippen molar-refractivity contribution in [2.24, 2.45) is 0 Å².